The lowest BCUT2D eigenvalue weighted by Gasteiger charge is -2.23. The average molecular weight is 272 g/mol. The molecule has 3 rings (SSSR count). The van der Waals surface area contributed by atoms with Gasteiger partial charge in [0, 0.05) is 5.92 Å². The Bertz CT molecular complexity index is 500. The summed E-state index contributed by atoms with van der Waals surface area (Å²) >= 11 is 0. The van der Waals surface area contributed by atoms with Gasteiger partial charge in [-0.2, -0.15) is 0 Å². The zero-order chi connectivity index (χ0) is 14.1. The van der Waals surface area contributed by atoms with Crippen molar-refractivity contribution in [1.29, 1.82) is 0 Å². The molecule has 1 aromatic rings. The summed E-state index contributed by atoms with van der Waals surface area (Å²) in [5, 5.41) is 3.30. The Balaban J connectivity index is 1.73. The van der Waals surface area contributed by atoms with Crippen molar-refractivity contribution in [2.45, 2.75) is 38.6 Å². The highest BCUT2D eigenvalue weighted by atomic mass is 16.2. The molecule has 0 radical (unpaired) electrons. The van der Waals surface area contributed by atoms with Gasteiger partial charge in [0.25, 0.3) is 0 Å². The van der Waals surface area contributed by atoms with Gasteiger partial charge in [0.1, 0.15) is 0 Å². The highest BCUT2D eigenvalue weighted by molar-refractivity contribution is 5.80. The molecule has 2 aliphatic carbocycles. The summed E-state index contributed by atoms with van der Waals surface area (Å²) in [7, 11) is 0. The van der Waals surface area contributed by atoms with E-state index in [1.807, 2.05) is 0 Å². The lowest BCUT2D eigenvalue weighted by molar-refractivity contribution is -0.127. The fourth-order valence-electron chi connectivity index (χ4n) is 3.94. The zero-order valence-electron chi connectivity index (χ0n) is 12.1. The van der Waals surface area contributed by atoms with Crippen LogP contribution in [0.25, 0.3) is 0 Å². The van der Waals surface area contributed by atoms with Crippen LogP contribution >= 0.6 is 0 Å². The van der Waals surface area contributed by atoms with Gasteiger partial charge >= 0.3 is 0 Å². The molecule has 2 aliphatic rings. The molecule has 1 amide bonds. The summed E-state index contributed by atoms with van der Waals surface area (Å²) in [6.45, 7) is 2.86. The molecule has 4 atom stereocenters. The molecule has 0 aromatic heterocycles. The molecule has 0 bridgehead atoms. The topological polar surface area (TPSA) is 55.1 Å². The van der Waals surface area contributed by atoms with Gasteiger partial charge in [-0.05, 0) is 48.8 Å². The van der Waals surface area contributed by atoms with Crippen LogP contribution in [0.3, 0.4) is 0 Å². The first-order valence-electron chi connectivity index (χ1n) is 7.79. The molecule has 1 saturated carbocycles. The third-order valence-electron chi connectivity index (χ3n) is 5.10. The van der Waals surface area contributed by atoms with Crippen LogP contribution in [0.5, 0.6) is 0 Å². The monoisotopic (exact) mass is 272 g/mol. The van der Waals surface area contributed by atoms with Crippen LogP contribution in [0.15, 0.2) is 24.3 Å². The fraction of sp³-hybridized carbons (Fsp3) is 0.588. The molecule has 1 aromatic carbocycles. The molecule has 0 saturated heterocycles. The number of nitrogens with two attached hydrogens (primary N) is 1. The maximum atomic E-state index is 12.6. The van der Waals surface area contributed by atoms with Gasteiger partial charge in [-0.25, -0.2) is 0 Å². The van der Waals surface area contributed by atoms with Crippen LogP contribution in [0, 0.1) is 17.8 Å². The van der Waals surface area contributed by atoms with E-state index in [2.05, 4.69) is 36.5 Å². The van der Waals surface area contributed by atoms with Crippen molar-refractivity contribution in [3.63, 3.8) is 0 Å². The Morgan fingerprint density at radius 2 is 2.15 bits per heavy atom. The van der Waals surface area contributed by atoms with Crippen LogP contribution in [0.2, 0.25) is 0 Å². The SMILES string of the molecule is CC1Cc2ccccc2C1NC(=O)[C@@H]1CCC[C@@H]1CN. The fourth-order valence-corrected chi connectivity index (χ4v) is 3.94. The van der Waals surface area contributed by atoms with E-state index in [4.69, 9.17) is 5.73 Å². The zero-order valence-corrected chi connectivity index (χ0v) is 12.1. The molecule has 2 unspecified atom stereocenters. The van der Waals surface area contributed by atoms with Crippen molar-refractivity contribution < 1.29 is 4.79 Å². The number of nitrogens with one attached hydrogen (secondary N) is 1. The first-order chi connectivity index (χ1) is 9.70. The van der Waals surface area contributed by atoms with E-state index in [1.165, 1.54) is 11.1 Å². The maximum absolute atomic E-state index is 12.6. The Kier molecular flexibility index (Phi) is 3.79. The van der Waals surface area contributed by atoms with Crippen LogP contribution < -0.4 is 11.1 Å². The minimum atomic E-state index is 0.125. The van der Waals surface area contributed by atoms with Crippen LogP contribution in [0.4, 0.5) is 0 Å². The van der Waals surface area contributed by atoms with Gasteiger partial charge in [-0.1, -0.05) is 37.6 Å². The predicted octanol–water partition coefficient (Wildman–Crippen LogP) is 2.41. The smallest absolute Gasteiger partial charge is 0.223 e. The van der Waals surface area contributed by atoms with Crippen LogP contribution in [-0.4, -0.2) is 12.5 Å². The lowest BCUT2D eigenvalue weighted by atomic mass is 9.94. The molecule has 0 spiro atoms. The Morgan fingerprint density at radius 3 is 2.95 bits per heavy atom. The van der Waals surface area contributed by atoms with Crippen LogP contribution in [-0.2, 0) is 11.2 Å². The number of carbonyl (C=O) groups is 1. The molecule has 0 aliphatic heterocycles. The number of hydrogen-bond acceptors (Lipinski definition) is 2. The van der Waals surface area contributed by atoms with Gasteiger partial charge in [0.05, 0.1) is 6.04 Å². The third kappa shape index (κ3) is 2.35. The highest BCUT2D eigenvalue weighted by Crippen LogP contribution is 2.37. The molecule has 3 N–H and O–H groups in total. The Morgan fingerprint density at radius 1 is 1.35 bits per heavy atom. The van der Waals surface area contributed by atoms with Gasteiger partial charge in [-0.15, -0.1) is 0 Å². The molecular weight excluding hydrogens is 248 g/mol. The second kappa shape index (κ2) is 5.57. The molecule has 20 heavy (non-hydrogen) atoms. The molecule has 108 valence electrons. The molecule has 3 heteroatoms. The number of hydrogen-bond donors (Lipinski definition) is 2. The van der Waals surface area contributed by atoms with Gasteiger partial charge in [0.15, 0.2) is 0 Å². The quantitative estimate of drug-likeness (QED) is 0.888. The molecule has 1 fully saturated rings. The second-order valence-electron chi connectivity index (χ2n) is 6.40. The molecule has 0 heterocycles. The average Bonchev–Trinajstić information content (AvgIpc) is 3.04. The van der Waals surface area contributed by atoms with Crippen LogP contribution in [0.1, 0.15) is 43.4 Å². The summed E-state index contributed by atoms with van der Waals surface area (Å²) in [6, 6.07) is 8.65. The number of fused-ring (bicyclic) bond motifs is 1. The minimum absolute atomic E-state index is 0.125. The van der Waals surface area contributed by atoms with Crippen molar-refractivity contribution in [1.82, 2.24) is 5.32 Å². The number of rotatable bonds is 3. The van der Waals surface area contributed by atoms with Crippen molar-refractivity contribution in [2.24, 2.45) is 23.5 Å². The Labute approximate surface area is 120 Å². The number of benzene rings is 1. The summed E-state index contributed by atoms with van der Waals surface area (Å²) in [4.78, 5) is 12.6. The Hall–Kier alpha value is -1.35. The van der Waals surface area contributed by atoms with Crippen molar-refractivity contribution >= 4 is 5.91 Å². The predicted molar refractivity (Wildman–Crippen MR) is 80.1 cm³/mol. The van der Waals surface area contributed by atoms with E-state index >= 15 is 0 Å². The lowest BCUT2D eigenvalue weighted by Crippen LogP contribution is -2.38. The van der Waals surface area contributed by atoms with E-state index in [-0.39, 0.29) is 17.9 Å². The highest BCUT2D eigenvalue weighted by Gasteiger charge is 2.36. The van der Waals surface area contributed by atoms with Crippen molar-refractivity contribution in [2.75, 3.05) is 6.54 Å². The van der Waals surface area contributed by atoms with E-state index in [0.29, 0.717) is 18.4 Å². The second-order valence-corrected chi connectivity index (χ2v) is 6.40. The largest absolute Gasteiger partial charge is 0.349 e. The van der Waals surface area contributed by atoms with E-state index in [9.17, 15) is 4.79 Å². The standard InChI is InChI=1S/C17H24N2O/c1-11-9-12-5-2-3-7-14(12)16(11)19-17(20)15-8-4-6-13(15)10-18/h2-3,5,7,11,13,15-16H,4,6,8-10,18H2,1H3,(H,19,20)/t11?,13-,15-,16?/m1/s1. The minimum Gasteiger partial charge on any atom is -0.349 e. The molecule has 3 nitrogen and oxygen atoms in total. The van der Waals surface area contributed by atoms with E-state index < -0.39 is 0 Å². The van der Waals surface area contributed by atoms with Gasteiger partial charge in [0.2, 0.25) is 5.91 Å². The van der Waals surface area contributed by atoms with Gasteiger partial charge < -0.3 is 11.1 Å². The first-order valence-corrected chi connectivity index (χ1v) is 7.79. The summed E-state index contributed by atoms with van der Waals surface area (Å²) in [5.41, 5.74) is 8.48. The number of carbonyl (C=O) groups excluding carboxylic acids is 1. The summed E-state index contributed by atoms with van der Waals surface area (Å²) < 4.78 is 0. The summed E-state index contributed by atoms with van der Waals surface area (Å²) in [5.74, 6) is 1.20. The first kappa shape index (κ1) is 13.6. The van der Waals surface area contributed by atoms with Crippen molar-refractivity contribution in [3.8, 4) is 0 Å². The third-order valence-corrected chi connectivity index (χ3v) is 5.10. The number of amides is 1. The normalized spacial score (nSPS) is 32.1. The maximum Gasteiger partial charge on any atom is 0.223 e. The molecular formula is C17H24N2O. The van der Waals surface area contributed by atoms with E-state index in [0.717, 1.165) is 25.7 Å². The summed E-state index contributed by atoms with van der Waals surface area (Å²) in [6.07, 6.45) is 4.30. The van der Waals surface area contributed by atoms with Crippen molar-refractivity contribution in [3.05, 3.63) is 35.4 Å². The van der Waals surface area contributed by atoms with E-state index in [1.54, 1.807) is 0 Å². The van der Waals surface area contributed by atoms with Gasteiger partial charge in [-0.3, -0.25) is 4.79 Å².